The second-order valence-electron chi connectivity index (χ2n) is 6.62. The van der Waals surface area contributed by atoms with Crippen molar-refractivity contribution in [2.75, 3.05) is 12.3 Å². The number of nitrogens with two attached hydrogens (primary N) is 1. The molecule has 2 aromatic heterocycles. The molecule has 2 unspecified atom stereocenters. The molecule has 0 amide bonds. The number of aromatic nitrogens is 3. The largest absolute Gasteiger partial charge is 0.388 e. The molecule has 0 saturated carbocycles. The number of ether oxygens (including phenoxy) is 1. The summed E-state index contributed by atoms with van der Waals surface area (Å²) < 4.78 is 7.76. The number of nitrogen functional groups attached to an aromatic ring is 1. The second-order valence-corrected chi connectivity index (χ2v) is 6.62. The van der Waals surface area contributed by atoms with E-state index >= 15 is 0 Å². The predicted molar refractivity (Wildman–Crippen MR) is 95.9 cm³/mol. The van der Waals surface area contributed by atoms with Crippen LogP contribution in [0.15, 0.2) is 30.6 Å². The Bertz CT molecular complexity index is 866. The van der Waals surface area contributed by atoms with E-state index in [0.29, 0.717) is 17.9 Å². The highest BCUT2D eigenvalue weighted by molar-refractivity contribution is 6.06. The summed E-state index contributed by atoms with van der Waals surface area (Å²) in [5, 5.41) is 11.7. The first-order chi connectivity index (χ1) is 11.3. The third-order valence-corrected chi connectivity index (χ3v) is 4.33. The normalized spacial score (nSPS) is 15.0. The van der Waals surface area contributed by atoms with Crippen molar-refractivity contribution in [2.45, 2.75) is 45.4 Å². The Balaban J connectivity index is 2.32. The molecule has 0 bridgehead atoms. The number of aliphatic hydroxyl groups is 1. The fourth-order valence-electron chi connectivity index (χ4n) is 3.48. The van der Waals surface area contributed by atoms with Crippen molar-refractivity contribution in [3.05, 3.63) is 30.6 Å². The lowest BCUT2D eigenvalue weighted by Crippen LogP contribution is -2.41. The zero-order chi connectivity index (χ0) is 17.5. The van der Waals surface area contributed by atoms with Crippen molar-refractivity contribution < 1.29 is 9.84 Å². The van der Waals surface area contributed by atoms with Crippen LogP contribution in [-0.2, 0) is 4.74 Å². The molecule has 6 heteroatoms. The Kier molecular flexibility index (Phi) is 4.19. The topological polar surface area (TPSA) is 86.2 Å². The van der Waals surface area contributed by atoms with E-state index in [0.717, 1.165) is 16.4 Å². The summed E-state index contributed by atoms with van der Waals surface area (Å²) in [5.74, 6) is 0.390. The van der Waals surface area contributed by atoms with Gasteiger partial charge in [-0.05, 0) is 33.8 Å². The first kappa shape index (κ1) is 16.7. The molecule has 24 heavy (non-hydrogen) atoms. The van der Waals surface area contributed by atoms with Crippen LogP contribution in [0.1, 0.15) is 33.7 Å². The summed E-state index contributed by atoms with van der Waals surface area (Å²) in [5.41, 5.74) is 7.43. The number of pyridine rings is 1. The summed E-state index contributed by atoms with van der Waals surface area (Å²) in [7, 11) is 0. The Labute approximate surface area is 141 Å². The maximum absolute atomic E-state index is 10.8. The van der Waals surface area contributed by atoms with Gasteiger partial charge < -0.3 is 20.1 Å². The van der Waals surface area contributed by atoms with Gasteiger partial charge in [-0.3, -0.25) is 0 Å². The summed E-state index contributed by atoms with van der Waals surface area (Å²) in [6.45, 7) is 8.05. The Morgan fingerprint density at radius 3 is 2.71 bits per heavy atom. The van der Waals surface area contributed by atoms with Crippen molar-refractivity contribution >= 4 is 27.8 Å². The maximum Gasteiger partial charge on any atom is 0.152 e. The van der Waals surface area contributed by atoms with Crippen LogP contribution in [0.25, 0.3) is 21.9 Å². The van der Waals surface area contributed by atoms with Crippen molar-refractivity contribution in [1.82, 2.24) is 14.5 Å². The number of benzene rings is 1. The molecule has 1 aromatic carbocycles. The lowest BCUT2D eigenvalue weighted by Gasteiger charge is -2.35. The van der Waals surface area contributed by atoms with E-state index in [-0.39, 0.29) is 12.1 Å². The first-order valence-corrected chi connectivity index (χ1v) is 8.19. The molecule has 6 nitrogen and oxygen atoms in total. The molecule has 0 radical (unpaired) electrons. The predicted octanol–water partition coefficient (Wildman–Crippen LogP) is 2.90. The first-order valence-electron chi connectivity index (χ1n) is 8.19. The van der Waals surface area contributed by atoms with Crippen LogP contribution in [0.5, 0.6) is 0 Å². The van der Waals surface area contributed by atoms with E-state index in [1.54, 1.807) is 20.2 Å². The summed E-state index contributed by atoms with van der Waals surface area (Å²) in [6.07, 6.45) is 1.52. The molecular formula is C18H24N4O2. The summed E-state index contributed by atoms with van der Waals surface area (Å²) >= 11 is 0. The van der Waals surface area contributed by atoms with Gasteiger partial charge in [0.15, 0.2) is 5.82 Å². The van der Waals surface area contributed by atoms with Gasteiger partial charge in [0.05, 0.1) is 35.1 Å². The van der Waals surface area contributed by atoms with Gasteiger partial charge in [-0.25, -0.2) is 9.97 Å². The van der Waals surface area contributed by atoms with Gasteiger partial charge in [-0.1, -0.05) is 18.2 Å². The summed E-state index contributed by atoms with van der Waals surface area (Å²) in [4.78, 5) is 8.88. The highest BCUT2D eigenvalue weighted by Crippen LogP contribution is 2.35. The smallest absolute Gasteiger partial charge is 0.152 e. The van der Waals surface area contributed by atoms with Crippen LogP contribution in [0.4, 0.5) is 5.82 Å². The average Bonchev–Trinajstić information content (AvgIpc) is 2.92. The standard InChI is InChI=1S/C18H24N4O2/c1-5-24-11(2)16(18(3,4)23)22-10-20-14-15(22)12-8-6-7-9-13(12)21-17(14)19/h6-11,16,23H,5H2,1-4H3,(H2,19,21). The molecule has 3 aromatic rings. The maximum atomic E-state index is 10.8. The van der Waals surface area contributed by atoms with Crippen LogP contribution in [0.2, 0.25) is 0 Å². The third kappa shape index (κ3) is 2.72. The summed E-state index contributed by atoms with van der Waals surface area (Å²) in [6, 6.07) is 7.50. The average molecular weight is 328 g/mol. The molecule has 0 saturated heterocycles. The number of anilines is 1. The third-order valence-electron chi connectivity index (χ3n) is 4.33. The van der Waals surface area contributed by atoms with E-state index in [4.69, 9.17) is 10.5 Å². The van der Waals surface area contributed by atoms with Gasteiger partial charge in [0.1, 0.15) is 5.52 Å². The SMILES string of the molecule is CCOC(C)C(n1cnc2c(N)nc3ccccc3c21)C(C)(C)O. The van der Waals surface area contributed by atoms with E-state index in [2.05, 4.69) is 9.97 Å². The van der Waals surface area contributed by atoms with E-state index in [9.17, 15) is 5.11 Å². The lowest BCUT2D eigenvalue weighted by atomic mass is 9.93. The van der Waals surface area contributed by atoms with Gasteiger partial charge in [0.2, 0.25) is 0 Å². The Morgan fingerprint density at radius 2 is 2.04 bits per heavy atom. The molecule has 0 aliphatic carbocycles. The highest BCUT2D eigenvalue weighted by atomic mass is 16.5. The minimum absolute atomic E-state index is 0.194. The van der Waals surface area contributed by atoms with Crippen LogP contribution >= 0.6 is 0 Å². The quantitative estimate of drug-likeness (QED) is 0.752. The van der Waals surface area contributed by atoms with Crippen LogP contribution < -0.4 is 5.73 Å². The number of para-hydroxylation sites is 1. The van der Waals surface area contributed by atoms with Crippen LogP contribution in [-0.4, -0.2) is 38.0 Å². The highest BCUT2D eigenvalue weighted by Gasteiger charge is 2.35. The van der Waals surface area contributed by atoms with E-state index in [1.807, 2.05) is 42.7 Å². The number of hydrogen-bond acceptors (Lipinski definition) is 5. The number of nitrogens with zero attached hydrogens (tertiary/aromatic N) is 3. The minimum Gasteiger partial charge on any atom is -0.388 e. The van der Waals surface area contributed by atoms with Gasteiger partial charge in [0.25, 0.3) is 0 Å². The number of imidazole rings is 1. The fourth-order valence-corrected chi connectivity index (χ4v) is 3.48. The second kappa shape index (κ2) is 6.03. The van der Waals surface area contributed by atoms with Crippen LogP contribution in [0.3, 0.4) is 0 Å². The number of fused-ring (bicyclic) bond motifs is 3. The molecular weight excluding hydrogens is 304 g/mol. The fraction of sp³-hybridized carbons (Fsp3) is 0.444. The van der Waals surface area contributed by atoms with Crippen molar-refractivity contribution in [2.24, 2.45) is 0 Å². The molecule has 2 heterocycles. The van der Waals surface area contributed by atoms with Gasteiger partial charge in [0, 0.05) is 12.0 Å². The molecule has 0 aliphatic rings. The monoisotopic (exact) mass is 328 g/mol. The molecule has 3 N–H and O–H groups in total. The Hall–Kier alpha value is -2.18. The molecule has 128 valence electrons. The van der Waals surface area contributed by atoms with Gasteiger partial charge >= 0.3 is 0 Å². The number of hydrogen-bond donors (Lipinski definition) is 2. The van der Waals surface area contributed by atoms with Gasteiger partial charge in [-0.2, -0.15) is 0 Å². The van der Waals surface area contributed by atoms with Crippen molar-refractivity contribution in [1.29, 1.82) is 0 Å². The van der Waals surface area contributed by atoms with Crippen molar-refractivity contribution in [3.8, 4) is 0 Å². The zero-order valence-corrected chi connectivity index (χ0v) is 14.5. The molecule has 0 aliphatic heterocycles. The van der Waals surface area contributed by atoms with Crippen molar-refractivity contribution in [3.63, 3.8) is 0 Å². The lowest BCUT2D eigenvalue weighted by molar-refractivity contribution is -0.0573. The number of rotatable bonds is 5. The van der Waals surface area contributed by atoms with Crippen LogP contribution in [0, 0.1) is 0 Å². The molecule has 0 spiro atoms. The van der Waals surface area contributed by atoms with Gasteiger partial charge in [-0.15, -0.1) is 0 Å². The zero-order valence-electron chi connectivity index (χ0n) is 14.5. The molecule has 0 fully saturated rings. The van der Waals surface area contributed by atoms with E-state index < -0.39 is 5.60 Å². The Morgan fingerprint density at radius 1 is 1.33 bits per heavy atom. The molecule has 3 rings (SSSR count). The molecule has 2 atom stereocenters. The van der Waals surface area contributed by atoms with E-state index in [1.165, 1.54) is 0 Å². The minimum atomic E-state index is -0.999.